The van der Waals surface area contributed by atoms with Gasteiger partial charge >= 0.3 is 0 Å². The number of hydrogen-bond acceptors (Lipinski definition) is 4. The van der Waals surface area contributed by atoms with Gasteiger partial charge in [0.05, 0.1) is 0 Å². The van der Waals surface area contributed by atoms with Gasteiger partial charge in [-0.1, -0.05) is 128 Å². The standard InChI is InChI=1S/C42H29N3O/c1-3-4-14-28-23-24-32-35(27(28)2)25-31(29-15-7-5-8-16-29)26-36(32)42-44-40(30-17-9-6-10-18-30)43-41(45-42)34-20-13-22-38-39(34)33-19-11-12-21-37(33)46-38/h3-26H,1H2,2H3/b14-4-. The summed E-state index contributed by atoms with van der Waals surface area (Å²) in [6.07, 6.45) is 5.87. The monoisotopic (exact) mass is 591 g/mol. The Kier molecular flexibility index (Phi) is 6.81. The Morgan fingerprint density at radius 1 is 0.543 bits per heavy atom. The number of aryl methyl sites for hydroxylation is 1. The van der Waals surface area contributed by atoms with Gasteiger partial charge in [-0.25, -0.2) is 15.0 Å². The molecule has 8 rings (SSSR count). The van der Waals surface area contributed by atoms with E-state index in [0.717, 1.165) is 66.1 Å². The number of para-hydroxylation sites is 1. The first kappa shape index (κ1) is 27.4. The fourth-order valence-electron chi connectivity index (χ4n) is 6.23. The highest BCUT2D eigenvalue weighted by Crippen LogP contribution is 2.39. The molecule has 8 aromatic rings. The molecule has 2 heterocycles. The zero-order valence-corrected chi connectivity index (χ0v) is 25.3. The summed E-state index contributed by atoms with van der Waals surface area (Å²) < 4.78 is 6.24. The van der Waals surface area contributed by atoms with Crippen molar-refractivity contribution >= 4 is 38.8 Å². The number of hydrogen-bond donors (Lipinski definition) is 0. The fraction of sp³-hybridized carbons (Fsp3) is 0.0238. The van der Waals surface area contributed by atoms with Gasteiger partial charge in [-0.2, -0.15) is 0 Å². The van der Waals surface area contributed by atoms with Gasteiger partial charge in [0.15, 0.2) is 17.5 Å². The molecule has 218 valence electrons. The number of benzene rings is 6. The number of aromatic nitrogens is 3. The lowest BCUT2D eigenvalue weighted by molar-refractivity contribution is 0.669. The van der Waals surface area contributed by atoms with Gasteiger partial charge < -0.3 is 4.42 Å². The lowest BCUT2D eigenvalue weighted by Crippen LogP contribution is -2.01. The van der Waals surface area contributed by atoms with Gasteiger partial charge in [0, 0.05) is 27.5 Å². The predicted molar refractivity (Wildman–Crippen MR) is 190 cm³/mol. The maximum absolute atomic E-state index is 6.24. The van der Waals surface area contributed by atoms with E-state index in [1.165, 1.54) is 5.56 Å². The first-order valence-corrected chi connectivity index (χ1v) is 15.3. The predicted octanol–water partition coefficient (Wildman–Crippen LogP) is 11.1. The van der Waals surface area contributed by atoms with Crippen LogP contribution in [0, 0.1) is 6.92 Å². The number of rotatable bonds is 6. The molecule has 0 N–H and O–H groups in total. The minimum Gasteiger partial charge on any atom is -0.456 e. The lowest BCUT2D eigenvalue weighted by Gasteiger charge is -2.15. The maximum atomic E-state index is 6.24. The first-order valence-electron chi connectivity index (χ1n) is 15.3. The van der Waals surface area contributed by atoms with Crippen LogP contribution >= 0.6 is 0 Å². The first-order chi connectivity index (χ1) is 22.7. The molecular weight excluding hydrogens is 562 g/mol. The Hall–Kier alpha value is -6.13. The summed E-state index contributed by atoms with van der Waals surface area (Å²) in [5, 5.41) is 4.25. The second kappa shape index (κ2) is 11.4. The summed E-state index contributed by atoms with van der Waals surface area (Å²) in [5.74, 6) is 1.83. The summed E-state index contributed by atoms with van der Waals surface area (Å²) in [6, 6.07) is 43.5. The Balaban J connectivity index is 1.44. The molecule has 0 bridgehead atoms. The van der Waals surface area contributed by atoms with E-state index in [1.807, 2.05) is 72.8 Å². The van der Waals surface area contributed by atoms with Crippen molar-refractivity contribution in [3.63, 3.8) is 0 Å². The van der Waals surface area contributed by atoms with Crippen LogP contribution in [0.3, 0.4) is 0 Å². The van der Waals surface area contributed by atoms with Crippen LogP contribution in [0.5, 0.6) is 0 Å². The third-order valence-electron chi connectivity index (χ3n) is 8.52. The molecule has 6 aromatic carbocycles. The molecule has 0 unspecified atom stereocenters. The van der Waals surface area contributed by atoms with Gasteiger partial charge in [0.2, 0.25) is 0 Å². The van der Waals surface area contributed by atoms with E-state index in [1.54, 1.807) is 6.08 Å². The zero-order chi connectivity index (χ0) is 31.0. The van der Waals surface area contributed by atoms with E-state index in [2.05, 4.69) is 80.2 Å². The molecule has 0 aliphatic carbocycles. The SMILES string of the molecule is C=C/C=C\c1ccc2c(-c3nc(-c4ccccc4)nc(-c4cccc5oc6ccccc6c45)n3)cc(-c3ccccc3)cc2c1C. The second-order valence-corrected chi connectivity index (χ2v) is 11.3. The van der Waals surface area contributed by atoms with Crippen molar-refractivity contribution in [2.45, 2.75) is 6.92 Å². The topological polar surface area (TPSA) is 51.8 Å². The van der Waals surface area contributed by atoms with Crippen LogP contribution in [0.1, 0.15) is 11.1 Å². The van der Waals surface area contributed by atoms with E-state index in [4.69, 9.17) is 19.4 Å². The molecule has 0 amide bonds. The number of nitrogens with zero attached hydrogens (tertiary/aromatic N) is 3. The van der Waals surface area contributed by atoms with Gasteiger partial charge in [-0.05, 0) is 64.2 Å². The molecule has 0 aliphatic rings. The van der Waals surface area contributed by atoms with Crippen LogP contribution in [0.2, 0.25) is 0 Å². The largest absolute Gasteiger partial charge is 0.456 e. The minimum absolute atomic E-state index is 0.599. The highest BCUT2D eigenvalue weighted by atomic mass is 16.3. The lowest BCUT2D eigenvalue weighted by atomic mass is 9.92. The van der Waals surface area contributed by atoms with Gasteiger partial charge in [-0.15, -0.1) is 0 Å². The molecule has 0 radical (unpaired) electrons. The smallest absolute Gasteiger partial charge is 0.164 e. The van der Waals surface area contributed by atoms with Crippen molar-refractivity contribution in [1.82, 2.24) is 15.0 Å². The molecule has 0 saturated carbocycles. The normalized spacial score (nSPS) is 11.6. The van der Waals surface area contributed by atoms with E-state index < -0.39 is 0 Å². The Bertz CT molecular complexity index is 2440. The minimum atomic E-state index is 0.599. The molecule has 2 aromatic heterocycles. The fourth-order valence-corrected chi connectivity index (χ4v) is 6.23. The average Bonchev–Trinajstić information content (AvgIpc) is 3.51. The Morgan fingerprint density at radius 3 is 2.00 bits per heavy atom. The van der Waals surface area contributed by atoms with E-state index in [0.29, 0.717) is 17.5 Å². The maximum Gasteiger partial charge on any atom is 0.164 e. The van der Waals surface area contributed by atoms with Crippen molar-refractivity contribution in [3.8, 4) is 45.3 Å². The van der Waals surface area contributed by atoms with Crippen LogP contribution in [-0.4, -0.2) is 15.0 Å². The van der Waals surface area contributed by atoms with Gasteiger partial charge in [0.25, 0.3) is 0 Å². The van der Waals surface area contributed by atoms with Gasteiger partial charge in [0.1, 0.15) is 11.2 Å². The number of allylic oxidation sites excluding steroid dienone is 2. The molecule has 4 nitrogen and oxygen atoms in total. The van der Waals surface area contributed by atoms with E-state index in [9.17, 15) is 0 Å². The van der Waals surface area contributed by atoms with Crippen molar-refractivity contribution in [2.24, 2.45) is 0 Å². The van der Waals surface area contributed by atoms with E-state index >= 15 is 0 Å². The van der Waals surface area contributed by atoms with Crippen molar-refractivity contribution < 1.29 is 4.42 Å². The van der Waals surface area contributed by atoms with Crippen molar-refractivity contribution in [3.05, 3.63) is 157 Å². The Morgan fingerprint density at radius 2 is 1.22 bits per heavy atom. The zero-order valence-electron chi connectivity index (χ0n) is 25.3. The molecule has 0 atom stereocenters. The molecule has 0 aliphatic heterocycles. The molecule has 4 heteroatoms. The molecule has 0 fully saturated rings. The van der Waals surface area contributed by atoms with Crippen LogP contribution in [0.15, 0.2) is 151 Å². The summed E-state index contributed by atoms with van der Waals surface area (Å²) in [4.78, 5) is 15.5. The third-order valence-corrected chi connectivity index (χ3v) is 8.52. The molecule has 0 spiro atoms. The molecular formula is C42H29N3O. The van der Waals surface area contributed by atoms with Crippen LogP contribution in [0.4, 0.5) is 0 Å². The highest BCUT2D eigenvalue weighted by molar-refractivity contribution is 6.12. The van der Waals surface area contributed by atoms with Crippen LogP contribution in [-0.2, 0) is 0 Å². The second-order valence-electron chi connectivity index (χ2n) is 11.3. The summed E-state index contributed by atoms with van der Waals surface area (Å²) >= 11 is 0. The summed E-state index contributed by atoms with van der Waals surface area (Å²) in [6.45, 7) is 6.03. The summed E-state index contributed by atoms with van der Waals surface area (Å²) in [5.41, 5.74) is 8.96. The van der Waals surface area contributed by atoms with Gasteiger partial charge in [-0.3, -0.25) is 0 Å². The van der Waals surface area contributed by atoms with Crippen LogP contribution in [0.25, 0.3) is 84.1 Å². The average molecular weight is 592 g/mol. The third kappa shape index (κ3) is 4.77. The summed E-state index contributed by atoms with van der Waals surface area (Å²) in [7, 11) is 0. The number of fused-ring (bicyclic) bond motifs is 4. The number of furan rings is 1. The quantitative estimate of drug-likeness (QED) is 0.181. The van der Waals surface area contributed by atoms with Crippen LogP contribution < -0.4 is 0 Å². The Labute approximate surface area is 267 Å². The van der Waals surface area contributed by atoms with Crippen molar-refractivity contribution in [2.75, 3.05) is 0 Å². The molecule has 46 heavy (non-hydrogen) atoms. The molecule has 0 saturated heterocycles. The van der Waals surface area contributed by atoms with Crippen molar-refractivity contribution in [1.29, 1.82) is 0 Å². The highest BCUT2D eigenvalue weighted by Gasteiger charge is 2.20. The van der Waals surface area contributed by atoms with E-state index in [-0.39, 0.29) is 0 Å².